The number of amides is 1. The third-order valence-electron chi connectivity index (χ3n) is 5.36. The van der Waals surface area contributed by atoms with Crippen molar-refractivity contribution in [3.8, 4) is 0 Å². The van der Waals surface area contributed by atoms with E-state index in [-0.39, 0.29) is 11.9 Å². The number of rotatable bonds is 7. The number of aryl methyl sites for hydroxylation is 2. The van der Waals surface area contributed by atoms with E-state index in [2.05, 4.69) is 16.8 Å². The highest BCUT2D eigenvalue weighted by Crippen LogP contribution is 2.27. The largest absolute Gasteiger partial charge is 0.468 e. The third kappa shape index (κ3) is 5.20. The van der Waals surface area contributed by atoms with Crippen molar-refractivity contribution in [1.82, 2.24) is 14.8 Å². The molecule has 1 unspecified atom stereocenters. The summed E-state index contributed by atoms with van der Waals surface area (Å²) in [7, 11) is 1.40. The minimum Gasteiger partial charge on any atom is -0.468 e. The number of carbonyl (C=O) groups is 2. The van der Waals surface area contributed by atoms with E-state index in [1.807, 2.05) is 24.0 Å². The molecule has 2 aromatic rings. The fourth-order valence-corrected chi connectivity index (χ4v) is 4.87. The van der Waals surface area contributed by atoms with Crippen LogP contribution in [-0.2, 0) is 16.0 Å². The average Bonchev–Trinajstić information content (AvgIpc) is 3.14. The van der Waals surface area contributed by atoms with E-state index in [1.54, 1.807) is 12.1 Å². The van der Waals surface area contributed by atoms with Gasteiger partial charge in [0.2, 0.25) is 0 Å². The predicted molar refractivity (Wildman–Crippen MR) is 119 cm³/mol. The molecule has 0 radical (unpaired) electrons. The molecule has 6 nitrogen and oxygen atoms in total. The number of hydrogen-bond acceptors (Lipinski definition) is 6. The standard InChI is InChI=1S/C22H28ClN3O3S/c1-4-5-6-18-24-15(2)20(30-18)21(27)26-13-11-25(12-14-26)19(22(28)29-3)16-7-9-17(23)10-8-16/h7-10,19H,4-6,11-14H2,1-3H3. The SMILES string of the molecule is CCCCc1nc(C)c(C(=O)N2CCN(C(C(=O)OC)c3ccc(Cl)cc3)CC2)s1. The Morgan fingerprint density at radius 2 is 1.87 bits per heavy atom. The molecule has 1 fully saturated rings. The second-order valence-electron chi connectivity index (χ2n) is 7.43. The predicted octanol–water partition coefficient (Wildman–Crippen LogP) is 4.12. The van der Waals surface area contributed by atoms with Crippen molar-refractivity contribution in [2.24, 2.45) is 0 Å². The van der Waals surface area contributed by atoms with Crippen molar-refractivity contribution in [2.75, 3.05) is 33.3 Å². The number of ether oxygens (including phenoxy) is 1. The average molecular weight is 450 g/mol. The number of thiazole rings is 1. The Morgan fingerprint density at radius 3 is 2.47 bits per heavy atom. The zero-order valence-corrected chi connectivity index (χ0v) is 19.3. The summed E-state index contributed by atoms with van der Waals surface area (Å²) in [5.41, 5.74) is 1.65. The molecular formula is C22H28ClN3O3S. The number of carbonyl (C=O) groups excluding carboxylic acids is 2. The Hall–Kier alpha value is -1.96. The molecule has 8 heteroatoms. The van der Waals surface area contributed by atoms with Crippen molar-refractivity contribution in [1.29, 1.82) is 0 Å². The highest BCUT2D eigenvalue weighted by Gasteiger charge is 2.33. The Bertz CT molecular complexity index is 876. The molecule has 162 valence electrons. The van der Waals surface area contributed by atoms with Gasteiger partial charge in [0, 0.05) is 31.2 Å². The molecule has 3 rings (SSSR count). The summed E-state index contributed by atoms with van der Waals surface area (Å²) in [5, 5.41) is 1.65. The van der Waals surface area contributed by atoms with E-state index in [0.29, 0.717) is 31.2 Å². The van der Waals surface area contributed by atoms with E-state index >= 15 is 0 Å². The molecule has 1 aliphatic rings. The van der Waals surface area contributed by atoms with Crippen molar-refractivity contribution < 1.29 is 14.3 Å². The van der Waals surface area contributed by atoms with Gasteiger partial charge in [0.05, 0.1) is 17.8 Å². The molecule has 1 atom stereocenters. The van der Waals surface area contributed by atoms with E-state index in [1.165, 1.54) is 18.4 Å². The highest BCUT2D eigenvalue weighted by molar-refractivity contribution is 7.13. The number of aromatic nitrogens is 1. The topological polar surface area (TPSA) is 62.7 Å². The first-order valence-corrected chi connectivity index (χ1v) is 11.5. The maximum Gasteiger partial charge on any atom is 0.327 e. The van der Waals surface area contributed by atoms with Gasteiger partial charge in [-0.3, -0.25) is 9.69 Å². The third-order valence-corrected chi connectivity index (χ3v) is 6.81. The van der Waals surface area contributed by atoms with Gasteiger partial charge < -0.3 is 9.64 Å². The van der Waals surface area contributed by atoms with Gasteiger partial charge in [-0.2, -0.15) is 0 Å². The lowest BCUT2D eigenvalue weighted by Gasteiger charge is -2.38. The summed E-state index contributed by atoms with van der Waals surface area (Å²) in [5.74, 6) is -0.274. The van der Waals surface area contributed by atoms with Gasteiger partial charge in [-0.25, -0.2) is 9.78 Å². The lowest BCUT2D eigenvalue weighted by molar-refractivity contribution is -0.148. The molecule has 0 bridgehead atoms. The molecule has 1 aliphatic heterocycles. The Labute approximate surface area is 186 Å². The lowest BCUT2D eigenvalue weighted by Crippen LogP contribution is -2.51. The number of esters is 1. The molecule has 30 heavy (non-hydrogen) atoms. The van der Waals surface area contributed by atoms with Crippen LogP contribution in [0.5, 0.6) is 0 Å². The molecule has 0 aliphatic carbocycles. The summed E-state index contributed by atoms with van der Waals surface area (Å²) in [6.45, 7) is 6.35. The second-order valence-corrected chi connectivity index (χ2v) is 8.95. The second kappa shape index (κ2) is 10.4. The van der Waals surface area contributed by atoms with Crippen LogP contribution in [-0.4, -0.2) is 59.9 Å². The summed E-state index contributed by atoms with van der Waals surface area (Å²) >= 11 is 7.50. The van der Waals surface area contributed by atoms with Gasteiger partial charge in [0.15, 0.2) is 0 Å². The normalized spacial score (nSPS) is 15.8. The van der Waals surface area contributed by atoms with Crippen molar-refractivity contribution >= 4 is 34.8 Å². The van der Waals surface area contributed by atoms with Gasteiger partial charge in [-0.1, -0.05) is 37.1 Å². The first-order chi connectivity index (χ1) is 14.4. The highest BCUT2D eigenvalue weighted by atomic mass is 35.5. The molecule has 0 saturated carbocycles. The van der Waals surface area contributed by atoms with E-state index in [4.69, 9.17) is 16.3 Å². The fourth-order valence-electron chi connectivity index (χ4n) is 3.67. The van der Waals surface area contributed by atoms with E-state index in [0.717, 1.165) is 40.4 Å². The van der Waals surface area contributed by atoms with Crippen LogP contribution in [0.15, 0.2) is 24.3 Å². The van der Waals surface area contributed by atoms with Gasteiger partial charge in [0.25, 0.3) is 5.91 Å². The first kappa shape index (κ1) is 22.7. The van der Waals surface area contributed by atoms with Crippen molar-refractivity contribution in [3.05, 3.63) is 50.4 Å². The summed E-state index contributed by atoms with van der Waals surface area (Å²) in [6, 6.07) is 6.74. The number of hydrogen-bond donors (Lipinski definition) is 0. The number of nitrogens with zero attached hydrogens (tertiary/aromatic N) is 3. The van der Waals surface area contributed by atoms with Crippen molar-refractivity contribution in [2.45, 2.75) is 39.2 Å². The van der Waals surface area contributed by atoms with Crippen LogP contribution in [0, 0.1) is 6.92 Å². The zero-order valence-electron chi connectivity index (χ0n) is 17.7. The molecule has 1 amide bonds. The molecule has 0 spiro atoms. The Balaban J connectivity index is 1.68. The Kier molecular flexibility index (Phi) is 7.86. The van der Waals surface area contributed by atoms with Crippen LogP contribution in [0.2, 0.25) is 5.02 Å². The first-order valence-electron chi connectivity index (χ1n) is 10.3. The van der Waals surface area contributed by atoms with Gasteiger partial charge in [0.1, 0.15) is 10.9 Å². The van der Waals surface area contributed by atoms with Crippen LogP contribution >= 0.6 is 22.9 Å². The van der Waals surface area contributed by atoms with E-state index in [9.17, 15) is 9.59 Å². The quantitative estimate of drug-likeness (QED) is 0.595. The minimum atomic E-state index is -0.504. The van der Waals surface area contributed by atoms with Crippen molar-refractivity contribution in [3.63, 3.8) is 0 Å². The summed E-state index contributed by atoms with van der Waals surface area (Å²) in [4.78, 5) is 34.8. The maximum atomic E-state index is 13.1. The number of methoxy groups -OCH3 is 1. The molecule has 1 aromatic heterocycles. The van der Waals surface area contributed by atoms with Crippen LogP contribution in [0.1, 0.15) is 51.7 Å². The van der Waals surface area contributed by atoms with Crippen LogP contribution in [0.25, 0.3) is 0 Å². The van der Waals surface area contributed by atoms with Gasteiger partial charge in [-0.05, 0) is 37.5 Å². The van der Waals surface area contributed by atoms with Crippen LogP contribution in [0.3, 0.4) is 0 Å². The molecule has 2 heterocycles. The summed E-state index contributed by atoms with van der Waals surface area (Å²) < 4.78 is 5.04. The zero-order chi connectivity index (χ0) is 21.7. The smallest absolute Gasteiger partial charge is 0.327 e. The fraction of sp³-hybridized carbons (Fsp3) is 0.500. The maximum absolute atomic E-state index is 13.1. The monoisotopic (exact) mass is 449 g/mol. The number of piperazine rings is 1. The van der Waals surface area contributed by atoms with Gasteiger partial charge >= 0.3 is 5.97 Å². The summed E-state index contributed by atoms with van der Waals surface area (Å²) in [6.07, 6.45) is 3.11. The molecule has 0 N–H and O–H groups in total. The van der Waals surface area contributed by atoms with Gasteiger partial charge in [-0.15, -0.1) is 11.3 Å². The molecule has 1 saturated heterocycles. The number of benzene rings is 1. The van der Waals surface area contributed by atoms with E-state index < -0.39 is 6.04 Å². The minimum absolute atomic E-state index is 0.0357. The number of halogens is 1. The lowest BCUT2D eigenvalue weighted by atomic mass is 10.0. The van der Waals surface area contributed by atoms with Crippen LogP contribution < -0.4 is 0 Å². The Morgan fingerprint density at radius 1 is 1.20 bits per heavy atom. The molecular weight excluding hydrogens is 422 g/mol. The number of unbranched alkanes of at least 4 members (excludes halogenated alkanes) is 1. The molecule has 1 aromatic carbocycles. The van der Waals surface area contributed by atoms with Crippen LogP contribution in [0.4, 0.5) is 0 Å².